The van der Waals surface area contributed by atoms with Gasteiger partial charge in [0, 0.05) is 13.1 Å². The van der Waals surface area contributed by atoms with Crippen LogP contribution in [-0.4, -0.2) is 37.0 Å². The van der Waals surface area contributed by atoms with E-state index in [1.807, 2.05) is 36.1 Å². The molecule has 0 saturated heterocycles. The first-order chi connectivity index (χ1) is 9.65. The lowest BCUT2D eigenvalue weighted by Crippen LogP contribution is -2.43. The minimum Gasteiger partial charge on any atom is -0.492 e. The maximum Gasteiger partial charge on any atom is 0.229 e. The van der Waals surface area contributed by atoms with Crippen molar-refractivity contribution in [3.63, 3.8) is 0 Å². The van der Waals surface area contributed by atoms with E-state index in [1.54, 1.807) is 0 Å². The number of amides is 1. The zero-order valence-electron chi connectivity index (χ0n) is 12.3. The Bertz CT molecular complexity index is 462. The molecule has 0 bridgehead atoms. The lowest BCUT2D eigenvalue weighted by Gasteiger charge is -2.31. The third-order valence-corrected chi connectivity index (χ3v) is 3.86. The van der Waals surface area contributed by atoms with Gasteiger partial charge in [0.1, 0.15) is 12.4 Å². The smallest absolute Gasteiger partial charge is 0.229 e. The van der Waals surface area contributed by atoms with Crippen molar-refractivity contribution in [2.24, 2.45) is 17.6 Å². The monoisotopic (exact) mass is 276 g/mol. The first-order valence-corrected chi connectivity index (χ1v) is 7.35. The van der Waals surface area contributed by atoms with E-state index in [4.69, 9.17) is 10.5 Å². The van der Waals surface area contributed by atoms with Crippen LogP contribution in [0, 0.1) is 11.8 Å². The molecule has 2 rings (SSSR count). The molecule has 0 aromatic heterocycles. The number of rotatable bonds is 5. The Kier molecular flexibility index (Phi) is 5.01. The van der Waals surface area contributed by atoms with E-state index in [-0.39, 0.29) is 11.8 Å². The van der Waals surface area contributed by atoms with Gasteiger partial charge in [-0.05, 0) is 37.4 Å². The van der Waals surface area contributed by atoms with E-state index in [1.165, 1.54) is 0 Å². The number of nitrogens with two attached hydrogens (primary N) is 1. The van der Waals surface area contributed by atoms with Gasteiger partial charge in [0.15, 0.2) is 0 Å². The molecule has 0 fully saturated rings. The molecule has 2 unspecified atom stereocenters. The van der Waals surface area contributed by atoms with Gasteiger partial charge in [0.2, 0.25) is 5.91 Å². The molecule has 0 saturated carbocycles. The lowest BCUT2D eigenvalue weighted by molar-refractivity contribution is -0.137. The van der Waals surface area contributed by atoms with Crippen LogP contribution >= 0.6 is 0 Å². The standard InChI is InChI=1S/C16H24N2O2/c1-3-18(10-12(2)9-17)16(19)14-8-13-6-4-5-7-15(13)20-11-14/h4-7,12,14H,3,8-11,17H2,1-2H3. The molecule has 0 radical (unpaired) electrons. The van der Waals surface area contributed by atoms with Crippen LogP contribution in [-0.2, 0) is 11.2 Å². The molecule has 2 N–H and O–H groups in total. The van der Waals surface area contributed by atoms with Crippen LogP contribution in [0.5, 0.6) is 5.75 Å². The summed E-state index contributed by atoms with van der Waals surface area (Å²) in [5, 5.41) is 0. The highest BCUT2D eigenvalue weighted by molar-refractivity contribution is 5.79. The lowest BCUT2D eigenvalue weighted by atomic mass is 9.95. The fourth-order valence-electron chi connectivity index (χ4n) is 2.57. The Morgan fingerprint density at radius 1 is 1.50 bits per heavy atom. The Morgan fingerprint density at radius 3 is 2.95 bits per heavy atom. The molecule has 1 aliphatic heterocycles. The van der Waals surface area contributed by atoms with Crippen molar-refractivity contribution in [3.8, 4) is 5.75 Å². The van der Waals surface area contributed by atoms with Crippen molar-refractivity contribution < 1.29 is 9.53 Å². The molecule has 1 aromatic carbocycles. The van der Waals surface area contributed by atoms with E-state index in [2.05, 4.69) is 6.92 Å². The third kappa shape index (κ3) is 3.31. The number of fused-ring (bicyclic) bond motifs is 1. The largest absolute Gasteiger partial charge is 0.492 e. The van der Waals surface area contributed by atoms with Crippen LogP contribution < -0.4 is 10.5 Å². The fourth-order valence-corrected chi connectivity index (χ4v) is 2.57. The maximum atomic E-state index is 12.6. The second kappa shape index (κ2) is 6.75. The average Bonchev–Trinajstić information content (AvgIpc) is 2.51. The highest BCUT2D eigenvalue weighted by Gasteiger charge is 2.29. The second-order valence-corrected chi connectivity index (χ2v) is 5.54. The number of nitrogens with zero attached hydrogens (tertiary/aromatic N) is 1. The van der Waals surface area contributed by atoms with Crippen molar-refractivity contribution in [3.05, 3.63) is 29.8 Å². The van der Waals surface area contributed by atoms with Crippen LogP contribution in [0.3, 0.4) is 0 Å². The van der Waals surface area contributed by atoms with Crippen molar-refractivity contribution in [1.82, 2.24) is 4.90 Å². The van der Waals surface area contributed by atoms with Crippen molar-refractivity contribution in [2.75, 3.05) is 26.2 Å². The first kappa shape index (κ1) is 14.9. The van der Waals surface area contributed by atoms with Crippen LogP contribution in [0.15, 0.2) is 24.3 Å². The summed E-state index contributed by atoms with van der Waals surface area (Å²) < 4.78 is 5.71. The Morgan fingerprint density at radius 2 is 2.25 bits per heavy atom. The number of para-hydroxylation sites is 1. The van der Waals surface area contributed by atoms with E-state index < -0.39 is 0 Å². The second-order valence-electron chi connectivity index (χ2n) is 5.54. The van der Waals surface area contributed by atoms with Gasteiger partial charge in [-0.3, -0.25) is 4.79 Å². The van der Waals surface area contributed by atoms with Gasteiger partial charge in [0.05, 0.1) is 5.92 Å². The Balaban J connectivity index is 2.03. The van der Waals surface area contributed by atoms with Gasteiger partial charge in [0.25, 0.3) is 0 Å². The predicted molar refractivity (Wildman–Crippen MR) is 79.6 cm³/mol. The zero-order chi connectivity index (χ0) is 14.5. The van der Waals surface area contributed by atoms with E-state index >= 15 is 0 Å². The minimum absolute atomic E-state index is 0.0742. The van der Waals surface area contributed by atoms with Crippen LogP contribution in [0.4, 0.5) is 0 Å². The molecule has 20 heavy (non-hydrogen) atoms. The number of carbonyl (C=O) groups is 1. The van der Waals surface area contributed by atoms with Crippen LogP contribution in [0.2, 0.25) is 0 Å². The Labute approximate surface area is 120 Å². The molecule has 1 amide bonds. The van der Waals surface area contributed by atoms with Gasteiger partial charge < -0.3 is 15.4 Å². The van der Waals surface area contributed by atoms with E-state index in [0.717, 1.165) is 30.8 Å². The molecular formula is C16H24N2O2. The van der Waals surface area contributed by atoms with Crippen LogP contribution in [0.1, 0.15) is 19.4 Å². The third-order valence-electron chi connectivity index (χ3n) is 3.86. The normalized spacial score (nSPS) is 18.9. The maximum absolute atomic E-state index is 12.6. The summed E-state index contributed by atoms with van der Waals surface area (Å²) in [5.41, 5.74) is 6.78. The van der Waals surface area contributed by atoms with Gasteiger partial charge >= 0.3 is 0 Å². The molecule has 1 aromatic rings. The summed E-state index contributed by atoms with van der Waals surface area (Å²) in [6.45, 7) is 6.61. The molecule has 1 heterocycles. The number of benzene rings is 1. The number of carbonyl (C=O) groups excluding carboxylic acids is 1. The molecular weight excluding hydrogens is 252 g/mol. The zero-order valence-corrected chi connectivity index (χ0v) is 12.3. The molecule has 2 atom stereocenters. The predicted octanol–water partition coefficient (Wildman–Crippen LogP) is 1.68. The average molecular weight is 276 g/mol. The highest BCUT2D eigenvalue weighted by Crippen LogP contribution is 2.27. The van der Waals surface area contributed by atoms with Gasteiger partial charge in [-0.1, -0.05) is 25.1 Å². The molecule has 1 aliphatic rings. The van der Waals surface area contributed by atoms with Crippen LogP contribution in [0.25, 0.3) is 0 Å². The summed E-state index contributed by atoms with van der Waals surface area (Å²) in [7, 11) is 0. The summed E-state index contributed by atoms with van der Waals surface area (Å²) >= 11 is 0. The SMILES string of the molecule is CCN(CC(C)CN)C(=O)C1COc2ccccc2C1. The number of hydrogen-bond donors (Lipinski definition) is 1. The van der Waals surface area contributed by atoms with E-state index in [9.17, 15) is 4.79 Å². The summed E-state index contributed by atoms with van der Waals surface area (Å²) in [6, 6.07) is 7.95. The quantitative estimate of drug-likeness (QED) is 0.890. The van der Waals surface area contributed by atoms with Crippen molar-refractivity contribution in [2.45, 2.75) is 20.3 Å². The van der Waals surface area contributed by atoms with Gasteiger partial charge in [-0.25, -0.2) is 0 Å². The van der Waals surface area contributed by atoms with Gasteiger partial charge in [-0.2, -0.15) is 0 Å². The Hall–Kier alpha value is -1.55. The topological polar surface area (TPSA) is 55.6 Å². The highest BCUT2D eigenvalue weighted by atomic mass is 16.5. The molecule has 110 valence electrons. The van der Waals surface area contributed by atoms with E-state index in [0.29, 0.717) is 19.1 Å². The molecule has 0 aliphatic carbocycles. The number of ether oxygens (including phenoxy) is 1. The minimum atomic E-state index is -0.0742. The molecule has 4 heteroatoms. The van der Waals surface area contributed by atoms with Crippen molar-refractivity contribution in [1.29, 1.82) is 0 Å². The van der Waals surface area contributed by atoms with Gasteiger partial charge in [-0.15, -0.1) is 0 Å². The summed E-state index contributed by atoms with van der Waals surface area (Å²) in [6.07, 6.45) is 0.766. The molecule has 4 nitrogen and oxygen atoms in total. The van der Waals surface area contributed by atoms with Crippen molar-refractivity contribution >= 4 is 5.91 Å². The molecule has 0 spiro atoms. The fraction of sp³-hybridized carbons (Fsp3) is 0.562. The first-order valence-electron chi connectivity index (χ1n) is 7.35. The number of hydrogen-bond acceptors (Lipinski definition) is 3. The summed E-state index contributed by atoms with van der Waals surface area (Å²) in [4.78, 5) is 14.5. The summed E-state index contributed by atoms with van der Waals surface area (Å²) in [5.74, 6) is 1.35.